The highest BCUT2D eigenvalue weighted by atomic mass is 32.2. The van der Waals surface area contributed by atoms with Crippen LogP contribution in [-0.2, 0) is 14.8 Å². The van der Waals surface area contributed by atoms with Gasteiger partial charge in [-0.05, 0) is 31.4 Å². The van der Waals surface area contributed by atoms with Gasteiger partial charge in [0.05, 0.1) is 11.3 Å². The van der Waals surface area contributed by atoms with Crippen molar-refractivity contribution in [3.05, 3.63) is 23.9 Å². The topological polar surface area (TPSA) is 97.6 Å². The standard InChI is InChI=1S/C19H27N5O3S/c1-2-14-28(26,27)24-9-4-3-7-17(24)19(25)23-12-10-22(11-13-23)18-16(15-20)6-5-8-21-18/h5-6,8,17H,2-4,7,9-14H2,1H3. The number of anilines is 1. The lowest BCUT2D eigenvalue weighted by atomic mass is 10.0. The summed E-state index contributed by atoms with van der Waals surface area (Å²) in [5, 5.41) is 9.26. The van der Waals surface area contributed by atoms with Gasteiger partial charge in [-0.1, -0.05) is 13.3 Å². The summed E-state index contributed by atoms with van der Waals surface area (Å²) in [7, 11) is -3.40. The minimum absolute atomic E-state index is 0.0845. The quantitative estimate of drug-likeness (QED) is 0.730. The Balaban J connectivity index is 1.68. The highest BCUT2D eigenvalue weighted by molar-refractivity contribution is 7.89. The van der Waals surface area contributed by atoms with Gasteiger partial charge in [-0.25, -0.2) is 13.4 Å². The number of sulfonamides is 1. The van der Waals surface area contributed by atoms with Crippen LogP contribution in [0.4, 0.5) is 5.82 Å². The molecule has 2 aliphatic heterocycles. The highest BCUT2D eigenvalue weighted by Gasteiger charge is 2.39. The molecule has 1 aromatic rings. The number of amides is 1. The van der Waals surface area contributed by atoms with Crippen molar-refractivity contribution in [2.45, 2.75) is 38.6 Å². The lowest BCUT2D eigenvalue weighted by Gasteiger charge is -2.40. The second kappa shape index (κ2) is 8.88. The van der Waals surface area contributed by atoms with Crippen LogP contribution in [0.3, 0.4) is 0 Å². The molecule has 0 saturated carbocycles. The van der Waals surface area contributed by atoms with E-state index in [1.807, 2.05) is 11.8 Å². The molecule has 0 radical (unpaired) electrons. The van der Waals surface area contributed by atoms with Crippen LogP contribution in [0.1, 0.15) is 38.2 Å². The maximum Gasteiger partial charge on any atom is 0.241 e. The number of nitriles is 1. The van der Waals surface area contributed by atoms with E-state index in [4.69, 9.17) is 0 Å². The minimum Gasteiger partial charge on any atom is -0.352 e. The number of carbonyl (C=O) groups is 1. The highest BCUT2D eigenvalue weighted by Crippen LogP contribution is 2.24. The van der Waals surface area contributed by atoms with Crippen LogP contribution in [0.25, 0.3) is 0 Å². The lowest BCUT2D eigenvalue weighted by molar-refractivity contribution is -0.136. The van der Waals surface area contributed by atoms with Crippen molar-refractivity contribution >= 4 is 21.7 Å². The first-order valence-electron chi connectivity index (χ1n) is 9.86. The molecule has 0 aliphatic carbocycles. The molecule has 2 aliphatic rings. The Morgan fingerprint density at radius 2 is 2.00 bits per heavy atom. The summed E-state index contributed by atoms with van der Waals surface area (Å²) in [6.45, 7) is 4.41. The van der Waals surface area contributed by atoms with Crippen LogP contribution in [-0.4, -0.2) is 73.0 Å². The van der Waals surface area contributed by atoms with Crippen molar-refractivity contribution in [3.63, 3.8) is 0 Å². The summed E-state index contributed by atoms with van der Waals surface area (Å²) in [5.41, 5.74) is 0.520. The van der Waals surface area contributed by atoms with E-state index in [1.165, 1.54) is 4.31 Å². The fourth-order valence-electron chi connectivity index (χ4n) is 3.95. The number of aromatic nitrogens is 1. The first-order chi connectivity index (χ1) is 13.5. The Bertz CT molecular complexity index is 843. The normalized spacial score (nSPS) is 21.4. The molecule has 1 atom stereocenters. The van der Waals surface area contributed by atoms with Crippen molar-refractivity contribution in [1.82, 2.24) is 14.2 Å². The first kappa shape index (κ1) is 20.6. The van der Waals surface area contributed by atoms with E-state index in [9.17, 15) is 18.5 Å². The maximum absolute atomic E-state index is 13.1. The second-order valence-electron chi connectivity index (χ2n) is 7.24. The smallest absolute Gasteiger partial charge is 0.241 e. The molecule has 1 unspecified atom stereocenters. The van der Waals surface area contributed by atoms with Gasteiger partial charge in [-0.2, -0.15) is 9.57 Å². The molecule has 9 heteroatoms. The molecular weight excluding hydrogens is 378 g/mol. The average Bonchev–Trinajstić information content (AvgIpc) is 2.73. The van der Waals surface area contributed by atoms with Gasteiger partial charge in [-0.3, -0.25) is 4.79 Å². The van der Waals surface area contributed by atoms with E-state index in [-0.39, 0.29) is 11.7 Å². The third-order valence-corrected chi connectivity index (χ3v) is 7.43. The number of carbonyl (C=O) groups excluding carboxylic acids is 1. The fraction of sp³-hybridized carbons (Fsp3) is 0.632. The first-order valence-corrected chi connectivity index (χ1v) is 11.5. The van der Waals surface area contributed by atoms with Gasteiger partial charge in [0.1, 0.15) is 17.9 Å². The van der Waals surface area contributed by atoms with E-state index >= 15 is 0 Å². The Hall–Kier alpha value is -2.18. The summed E-state index contributed by atoms with van der Waals surface area (Å²) in [4.78, 5) is 21.2. The molecule has 1 amide bonds. The Morgan fingerprint density at radius 3 is 2.68 bits per heavy atom. The lowest BCUT2D eigenvalue weighted by Crippen LogP contribution is -2.57. The summed E-state index contributed by atoms with van der Waals surface area (Å²) in [5.74, 6) is 0.628. The summed E-state index contributed by atoms with van der Waals surface area (Å²) in [6, 6.07) is 5.04. The van der Waals surface area contributed by atoms with Gasteiger partial charge in [-0.15, -0.1) is 0 Å². The molecule has 0 aromatic carbocycles. The Morgan fingerprint density at radius 1 is 1.25 bits per heavy atom. The van der Waals surface area contributed by atoms with E-state index in [0.717, 1.165) is 12.8 Å². The summed E-state index contributed by atoms with van der Waals surface area (Å²) < 4.78 is 26.6. The molecule has 152 valence electrons. The Kier molecular flexibility index (Phi) is 6.52. The zero-order valence-corrected chi connectivity index (χ0v) is 17.1. The molecule has 28 heavy (non-hydrogen) atoms. The summed E-state index contributed by atoms with van der Waals surface area (Å²) >= 11 is 0. The monoisotopic (exact) mass is 405 g/mol. The number of hydrogen-bond donors (Lipinski definition) is 0. The number of piperazine rings is 1. The molecule has 0 bridgehead atoms. The number of nitrogens with zero attached hydrogens (tertiary/aromatic N) is 5. The molecule has 2 fully saturated rings. The van der Waals surface area contributed by atoms with Crippen LogP contribution < -0.4 is 4.90 Å². The zero-order valence-electron chi connectivity index (χ0n) is 16.2. The molecule has 1 aromatic heterocycles. The third kappa shape index (κ3) is 4.28. The van der Waals surface area contributed by atoms with Gasteiger partial charge < -0.3 is 9.80 Å². The molecule has 2 saturated heterocycles. The summed E-state index contributed by atoms with van der Waals surface area (Å²) in [6.07, 6.45) is 4.46. The van der Waals surface area contributed by atoms with Gasteiger partial charge >= 0.3 is 0 Å². The number of rotatable bonds is 5. The van der Waals surface area contributed by atoms with E-state index in [0.29, 0.717) is 56.9 Å². The average molecular weight is 406 g/mol. The zero-order chi connectivity index (χ0) is 20.1. The molecule has 8 nitrogen and oxygen atoms in total. The van der Waals surface area contributed by atoms with Crippen molar-refractivity contribution < 1.29 is 13.2 Å². The van der Waals surface area contributed by atoms with Crippen LogP contribution in [0, 0.1) is 11.3 Å². The van der Waals surface area contributed by atoms with Crippen LogP contribution in [0.15, 0.2) is 18.3 Å². The van der Waals surface area contributed by atoms with Gasteiger partial charge in [0.25, 0.3) is 0 Å². The number of hydrogen-bond acceptors (Lipinski definition) is 6. The largest absolute Gasteiger partial charge is 0.352 e. The van der Waals surface area contributed by atoms with Gasteiger partial charge in [0.2, 0.25) is 15.9 Å². The maximum atomic E-state index is 13.1. The SMILES string of the molecule is CCCS(=O)(=O)N1CCCCC1C(=O)N1CCN(c2ncccc2C#N)CC1. The van der Waals surface area contributed by atoms with Crippen LogP contribution in [0.2, 0.25) is 0 Å². The fourth-order valence-corrected chi connectivity index (χ4v) is 5.69. The van der Waals surface area contributed by atoms with Gasteiger partial charge in [0, 0.05) is 38.9 Å². The van der Waals surface area contributed by atoms with Crippen LogP contribution >= 0.6 is 0 Å². The molecule has 3 heterocycles. The van der Waals surface area contributed by atoms with Crippen molar-refractivity contribution in [2.24, 2.45) is 0 Å². The molecule has 3 rings (SSSR count). The van der Waals surface area contributed by atoms with Gasteiger partial charge in [0.15, 0.2) is 0 Å². The molecular formula is C19H27N5O3S. The van der Waals surface area contributed by atoms with E-state index < -0.39 is 16.1 Å². The van der Waals surface area contributed by atoms with Crippen molar-refractivity contribution in [2.75, 3.05) is 43.4 Å². The number of pyridine rings is 1. The second-order valence-corrected chi connectivity index (χ2v) is 9.28. The van der Waals surface area contributed by atoms with E-state index in [1.54, 1.807) is 23.2 Å². The predicted octanol–water partition coefficient (Wildman–Crippen LogP) is 1.20. The number of piperidine rings is 1. The molecule has 0 N–H and O–H groups in total. The van der Waals surface area contributed by atoms with Crippen molar-refractivity contribution in [3.8, 4) is 6.07 Å². The van der Waals surface area contributed by atoms with E-state index in [2.05, 4.69) is 11.1 Å². The Labute approximate surface area is 166 Å². The van der Waals surface area contributed by atoms with Crippen molar-refractivity contribution in [1.29, 1.82) is 5.26 Å². The van der Waals surface area contributed by atoms with Crippen LogP contribution in [0.5, 0.6) is 0 Å². The molecule has 0 spiro atoms. The predicted molar refractivity (Wildman–Crippen MR) is 106 cm³/mol. The minimum atomic E-state index is -3.40. The third-order valence-electron chi connectivity index (χ3n) is 5.36.